The first-order chi connectivity index (χ1) is 10.2. The molecule has 0 spiro atoms. The largest absolute Gasteiger partial charge is 0.395 e. The van der Waals surface area contributed by atoms with E-state index >= 15 is 0 Å². The van der Waals surface area contributed by atoms with E-state index in [9.17, 15) is 9.18 Å². The van der Waals surface area contributed by atoms with Crippen LogP contribution in [0.15, 0.2) is 36.4 Å². The average molecular weight is 303 g/mol. The van der Waals surface area contributed by atoms with E-state index in [0.717, 1.165) is 9.75 Å². The van der Waals surface area contributed by atoms with E-state index in [1.807, 2.05) is 12.1 Å². The topological polar surface area (TPSA) is 49.3 Å². The normalized spacial score (nSPS) is 9.81. The second-order valence-electron chi connectivity index (χ2n) is 4.23. The third-order valence-corrected chi connectivity index (χ3v) is 3.62. The van der Waals surface area contributed by atoms with Crippen molar-refractivity contribution in [3.05, 3.63) is 57.5 Å². The lowest BCUT2D eigenvalue weighted by molar-refractivity contribution is 0.0951. The van der Waals surface area contributed by atoms with Crippen molar-refractivity contribution in [2.75, 3.05) is 6.61 Å². The molecule has 0 fully saturated rings. The van der Waals surface area contributed by atoms with Crippen molar-refractivity contribution in [2.24, 2.45) is 0 Å². The molecule has 2 aromatic rings. The van der Waals surface area contributed by atoms with Gasteiger partial charge in [0.05, 0.1) is 18.0 Å². The lowest BCUT2D eigenvalue weighted by Gasteiger charge is -2.03. The SMILES string of the molecule is O=C(NCc1ccc(C#CCCO)s1)c1cccc(F)c1. The number of hydrogen-bond acceptors (Lipinski definition) is 3. The number of aliphatic hydroxyl groups is 1. The zero-order chi connectivity index (χ0) is 15.1. The van der Waals surface area contributed by atoms with E-state index < -0.39 is 5.82 Å². The maximum atomic E-state index is 13.0. The Balaban J connectivity index is 1.91. The molecule has 2 rings (SSSR count). The van der Waals surface area contributed by atoms with Crippen molar-refractivity contribution in [1.29, 1.82) is 0 Å². The van der Waals surface area contributed by atoms with Crippen LogP contribution in [0, 0.1) is 17.7 Å². The smallest absolute Gasteiger partial charge is 0.251 e. The molecule has 1 amide bonds. The molecular formula is C16H14FNO2S. The lowest BCUT2D eigenvalue weighted by Crippen LogP contribution is -2.22. The van der Waals surface area contributed by atoms with Gasteiger partial charge in [0.15, 0.2) is 0 Å². The lowest BCUT2D eigenvalue weighted by atomic mass is 10.2. The molecule has 0 bridgehead atoms. The van der Waals surface area contributed by atoms with Crippen molar-refractivity contribution in [2.45, 2.75) is 13.0 Å². The molecule has 0 aliphatic heterocycles. The van der Waals surface area contributed by atoms with Gasteiger partial charge >= 0.3 is 0 Å². The summed E-state index contributed by atoms with van der Waals surface area (Å²) >= 11 is 1.48. The predicted molar refractivity (Wildman–Crippen MR) is 80.5 cm³/mol. The van der Waals surface area contributed by atoms with Gasteiger partial charge in [-0.3, -0.25) is 4.79 Å². The Morgan fingerprint density at radius 3 is 2.95 bits per heavy atom. The Labute approximate surface area is 126 Å². The third-order valence-electron chi connectivity index (χ3n) is 2.62. The summed E-state index contributed by atoms with van der Waals surface area (Å²) in [7, 11) is 0. The zero-order valence-corrected chi connectivity index (χ0v) is 12.0. The van der Waals surface area contributed by atoms with Gasteiger partial charge in [0.25, 0.3) is 5.91 Å². The second kappa shape index (κ2) is 7.58. The van der Waals surface area contributed by atoms with Crippen LogP contribution in [0.4, 0.5) is 4.39 Å². The Kier molecular flexibility index (Phi) is 5.50. The molecule has 0 aliphatic carbocycles. The number of aliphatic hydroxyl groups excluding tert-OH is 1. The minimum Gasteiger partial charge on any atom is -0.395 e. The van der Waals surface area contributed by atoms with Gasteiger partial charge in [-0.25, -0.2) is 4.39 Å². The van der Waals surface area contributed by atoms with E-state index in [0.29, 0.717) is 18.5 Å². The fourth-order valence-electron chi connectivity index (χ4n) is 1.64. The number of nitrogens with one attached hydrogen (secondary N) is 1. The van der Waals surface area contributed by atoms with Crippen LogP contribution < -0.4 is 5.32 Å². The molecule has 0 radical (unpaired) electrons. The molecule has 1 heterocycles. The van der Waals surface area contributed by atoms with Gasteiger partial charge in [-0.2, -0.15) is 0 Å². The molecule has 0 saturated carbocycles. The third kappa shape index (κ3) is 4.71. The number of carbonyl (C=O) groups is 1. The summed E-state index contributed by atoms with van der Waals surface area (Å²) in [5.41, 5.74) is 0.300. The standard InChI is InChI=1S/C16H14FNO2S/c17-13-5-3-4-12(10-13)16(20)18-11-15-8-7-14(21-15)6-1-2-9-19/h3-5,7-8,10,19H,2,9,11H2,(H,18,20). The van der Waals surface area contributed by atoms with Crippen LogP contribution in [-0.4, -0.2) is 17.6 Å². The summed E-state index contributed by atoms with van der Waals surface area (Å²) in [6.07, 6.45) is 0.448. The quantitative estimate of drug-likeness (QED) is 0.853. The van der Waals surface area contributed by atoms with E-state index in [2.05, 4.69) is 17.2 Å². The molecule has 21 heavy (non-hydrogen) atoms. The van der Waals surface area contributed by atoms with Crippen molar-refractivity contribution in [3.63, 3.8) is 0 Å². The monoisotopic (exact) mass is 303 g/mol. The van der Waals surface area contributed by atoms with Crippen molar-refractivity contribution < 1.29 is 14.3 Å². The van der Waals surface area contributed by atoms with Gasteiger partial charge in [-0.15, -0.1) is 11.3 Å². The highest BCUT2D eigenvalue weighted by molar-refractivity contribution is 7.12. The number of hydrogen-bond donors (Lipinski definition) is 2. The van der Waals surface area contributed by atoms with Crippen LogP contribution in [0.2, 0.25) is 0 Å². The molecule has 3 nitrogen and oxygen atoms in total. The van der Waals surface area contributed by atoms with E-state index in [-0.39, 0.29) is 12.5 Å². The molecule has 0 saturated heterocycles. The minimum atomic E-state index is -0.430. The van der Waals surface area contributed by atoms with Gasteiger partial charge in [-0.1, -0.05) is 17.9 Å². The van der Waals surface area contributed by atoms with Crippen LogP contribution >= 0.6 is 11.3 Å². The Bertz CT molecular complexity index is 685. The summed E-state index contributed by atoms with van der Waals surface area (Å²) in [5.74, 6) is 5.04. The molecule has 0 atom stereocenters. The van der Waals surface area contributed by atoms with Gasteiger partial charge in [0, 0.05) is 16.9 Å². The van der Waals surface area contributed by atoms with Crippen molar-refractivity contribution >= 4 is 17.2 Å². The summed E-state index contributed by atoms with van der Waals surface area (Å²) in [5, 5.41) is 11.4. The first kappa shape index (κ1) is 15.2. The van der Waals surface area contributed by atoms with E-state index in [1.165, 1.54) is 29.5 Å². The highest BCUT2D eigenvalue weighted by Crippen LogP contribution is 2.15. The second-order valence-corrected chi connectivity index (χ2v) is 5.40. The number of amides is 1. The average Bonchev–Trinajstić information content (AvgIpc) is 2.93. The minimum absolute atomic E-state index is 0.0505. The Morgan fingerprint density at radius 1 is 1.33 bits per heavy atom. The van der Waals surface area contributed by atoms with Gasteiger partial charge in [-0.05, 0) is 30.3 Å². The fourth-order valence-corrected chi connectivity index (χ4v) is 2.47. The first-order valence-electron chi connectivity index (χ1n) is 6.41. The highest BCUT2D eigenvalue weighted by atomic mass is 32.1. The fraction of sp³-hybridized carbons (Fsp3) is 0.188. The van der Waals surface area contributed by atoms with Crippen LogP contribution in [0.25, 0.3) is 0 Å². The molecule has 1 aromatic heterocycles. The molecule has 1 aromatic carbocycles. The van der Waals surface area contributed by atoms with Gasteiger partial charge < -0.3 is 10.4 Å². The number of carbonyl (C=O) groups excluding carboxylic acids is 1. The molecule has 0 unspecified atom stereocenters. The number of benzene rings is 1. The number of halogens is 1. The maximum Gasteiger partial charge on any atom is 0.251 e. The summed E-state index contributed by atoms with van der Waals surface area (Å²) in [6.45, 7) is 0.427. The molecule has 0 aliphatic rings. The Morgan fingerprint density at radius 2 is 2.19 bits per heavy atom. The molecular weight excluding hydrogens is 289 g/mol. The molecule has 2 N–H and O–H groups in total. The van der Waals surface area contributed by atoms with Crippen LogP contribution in [0.3, 0.4) is 0 Å². The van der Waals surface area contributed by atoms with E-state index in [4.69, 9.17) is 5.11 Å². The van der Waals surface area contributed by atoms with Crippen LogP contribution in [0.5, 0.6) is 0 Å². The highest BCUT2D eigenvalue weighted by Gasteiger charge is 2.06. The van der Waals surface area contributed by atoms with E-state index in [1.54, 1.807) is 6.07 Å². The summed E-state index contributed by atoms with van der Waals surface area (Å²) < 4.78 is 13.0. The summed E-state index contributed by atoms with van der Waals surface area (Å²) in [4.78, 5) is 13.7. The van der Waals surface area contributed by atoms with Crippen molar-refractivity contribution in [1.82, 2.24) is 5.32 Å². The molecule has 108 valence electrons. The van der Waals surface area contributed by atoms with Crippen molar-refractivity contribution in [3.8, 4) is 11.8 Å². The van der Waals surface area contributed by atoms with Gasteiger partial charge in [0.1, 0.15) is 5.82 Å². The van der Waals surface area contributed by atoms with Crippen LogP contribution in [0.1, 0.15) is 26.5 Å². The first-order valence-corrected chi connectivity index (χ1v) is 7.23. The number of rotatable bonds is 4. The number of thiophene rings is 1. The maximum absolute atomic E-state index is 13.0. The Hall–Kier alpha value is -2.16. The molecule has 5 heteroatoms. The zero-order valence-electron chi connectivity index (χ0n) is 11.2. The predicted octanol–water partition coefficient (Wildman–Crippen LogP) is 2.55. The van der Waals surface area contributed by atoms with Crippen LogP contribution in [-0.2, 0) is 6.54 Å². The van der Waals surface area contributed by atoms with Gasteiger partial charge in [0.2, 0.25) is 0 Å². The summed E-state index contributed by atoms with van der Waals surface area (Å²) in [6, 6.07) is 9.34.